The van der Waals surface area contributed by atoms with Crippen LogP contribution >= 0.6 is 11.3 Å². The van der Waals surface area contributed by atoms with E-state index in [1.165, 1.54) is 10.4 Å². The van der Waals surface area contributed by atoms with Gasteiger partial charge < -0.3 is 9.32 Å². The van der Waals surface area contributed by atoms with Crippen LogP contribution in [0.15, 0.2) is 44.9 Å². The second-order valence-corrected chi connectivity index (χ2v) is 7.30. The Morgan fingerprint density at radius 1 is 1.32 bits per heavy atom. The number of hydrogen-bond acceptors (Lipinski definition) is 4. The van der Waals surface area contributed by atoms with Crippen molar-refractivity contribution >= 4 is 28.3 Å². The van der Waals surface area contributed by atoms with Crippen LogP contribution in [0.4, 0.5) is 0 Å². The third-order valence-corrected chi connectivity index (χ3v) is 5.92. The molecule has 1 aliphatic heterocycles. The number of nitrogens with zero attached hydrogens (tertiary/aromatic N) is 2. The molecule has 3 heterocycles. The van der Waals surface area contributed by atoms with E-state index in [4.69, 9.17) is 4.42 Å². The van der Waals surface area contributed by atoms with E-state index >= 15 is 0 Å². The Morgan fingerprint density at radius 2 is 2.16 bits per heavy atom. The summed E-state index contributed by atoms with van der Waals surface area (Å²) in [6.45, 7) is 3.22. The van der Waals surface area contributed by atoms with Crippen LogP contribution in [0.3, 0.4) is 0 Å². The van der Waals surface area contributed by atoms with Gasteiger partial charge in [0, 0.05) is 24.4 Å². The summed E-state index contributed by atoms with van der Waals surface area (Å²) in [5.41, 5.74) is 2.59. The number of para-hydroxylation sites is 2. The maximum atomic E-state index is 12.8. The molecule has 0 bridgehead atoms. The molecule has 5 nitrogen and oxygen atoms in total. The zero-order chi connectivity index (χ0) is 17.4. The maximum Gasteiger partial charge on any atom is 0.419 e. The third kappa shape index (κ3) is 2.80. The van der Waals surface area contributed by atoms with Crippen LogP contribution in [-0.2, 0) is 17.8 Å². The molecule has 1 aromatic carbocycles. The van der Waals surface area contributed by atoms with Crippen molar-refractivity contribution in [2.45, 2.75) is 38.8 Å². The fraction of sp³-hybridized carbons (Fsp3) is 0.368. The van der Waals surface area contributed by atoms with E-state index in [-0.39, 0.29) is 11.9 Å². The fourth-order valence-corrected chi connectivity index (χ4v) is 4.64. The van der Waals surface area contributed by atoms with E-state index in [0.717, 1.165) is 24.9 Å². The summed E-state index contributed by atoms with van der Waals surface area (Å²) in [5.74, 6) is -0.305. The monoisotopic (exact) mass is 356 g/mol. The number of aryl methyl sites for hydroxylation is 1. The molecule has 3 aromatic rings. The summed E-state index contributed by atoms with van der Waals surface area (Å²) in [6.07, 6.45) is 2.13. The lowest BCUT2D eigenvalue weighted by atomic mass is 9.97. The molecule has 4 rings (SSSR count). The SMILES string of the molecule is CCC1c2ccsc2CCN1C(=O)CCn1c(=O)oc2ccccc21. The highest BCUT2D eigenvalue weighted by Gasteiger charge is 2.30. The van der Waals surface area contributed by atoms with Crippen LogP contribution in [-0.4, -0.2) is 21.9 Å². The number of oxazole rings is 1. The van der Waals surface area contributed by atoms with Gasteiger partial charge in [0.1, 0.15) is 0 Å². The van der Waals surface area contributed by atoms with E-state index in [0.29, 0.717) is 18.5 Å². The number of carbonyl (C=O) groups is 1. The molecule has 0 radical (unpaired) electrons. The Labute approximate surface area is 149 Å². The Bertz CT molecular complexity index is 968. The molecule has 0 spiro atoms. The van der Waals surface area contributed by atoms with Gasteiger partial charge in [0.2, 0.25) is 5.91 Å². The molecule has 0 saturated heterocycles. The number of aromatic nitrogens is 1. The smallest absolute Gasteiger partial charge is 0.408 e. The Morgan fingerprint density at radius 3 is 3.00 bits per heavy atom. The maximum absolute atomic E-state index is 12.8. The number of thiophene rings is 1. The molecule has 1 atom stereocenters. The van der Waals surface area contributed by atoms with Gasteiger partial charge >= 0.3 is 5.76 Å². The highest BCUT2D eigenvalue weighted by atomic mass is 32.1. The number of amides is 1. The summed E-state index contributed by atoms with van der Waals surface area (Å²) >= 11 is 1.78. The third-order valence-electron chi connectivity index (χ3n) is 4.92. The molecule has 0 aliphatic carbocycles. The van der Waals surface area contributed by atoms with Gasteiger partial charge in [-0.3, -0.25) is 9.36 Å². The van der Waals surface area contributed by atoms with Gasteiger partial charge in [0.15, 0.2) is 5.58 Å². The van der Waals surface area contributed by atoms with E-state index in [1.54, 1.807) is 22.0 Å². The second kappa shape index (κ2) is 6.52. The number of hydrogen-bond donors (Lipinski definition) is 0. The van der Waals surface area contributed by atoms with Crippen LogP contribution in [0, 0.1) is 0 Å². The first-order chi connectivity index (χ1) is 12.2. The minimum Gasteiger partial charge on any atom is -0.408 e. The molecule has 2 aromatic heterocycles. The van der Waals surface area contributed by atoms with Crippen LogP contribution in [0.1, 0.15) is 36.2 Å². The Balaban J connectivity index is 1.52. The van der Waals surface area contributed by atoms with Gasteiger partial charge in [0.25, 0.3) is 0 Å². The van der Waals surface area contributed by atoms with Crippen molar-refractivity contribution < 1.29 is 9.21 Å². The van der Waals surface area contributed by atoms with Crippen LogP contribution in [0.25, 0.3) is 11.1 Å². The van der Waals surface area contributed by atoms with E-state index in [9.17, 15) is 9.59 Å². The molecule has 1 amide bonds. The number of benzene rings is 1. The Hall–Kier alpha value is -2.34. The molecule has 1 aliphatic rings. The summed E-state index contributed by atoms with van der Waals surface area (Å²) in [7, 11) is 0. The molecular weight excluding hydrogens is 336 g/mol. The summed E-state index contributed by atoms with van der Waals surface area (Å²) in [4.78, 5) is 28.2. The van der Waals surface area contributed by atoms with Crippen molar-refractivity contribution in [1.82, 2.24) is 9.47 Å². The summed E-state index contributed by atoms with van der Waals surface area (Å²) in [5, 5.41) is 2.11. The van der Waals surface area contributed by atoms with E-state index < -0.39 is 5.76 Å². The van der Waals surface area contributed by atoms with Gasteiger partial charge in [0.05, 0.1) is 11.6 Å². The van der Waals surface area contributed by atoms with Crippen LogP contribution < -0.4 is 5.76 Å². The van der Waals surface area contributed by atoms with Gasteiger partial charge in [-0.1, -0.05) is 19.1 Å². The zero-order valence-electron chi connectivity index (χ0n) is 14.1. The minimum absolute atomic E-state index is 0.0980. The number of fused-ring (bicyclic) bond motifs is 2. The molecule has 1 unspecified atom stereocenters. The van der Waals surface area contributed by atoms with Gasteiger partial charge in [-0.05, 0) is 42.0 Å². The lowest BCUT2D eigenvalue weighted by Crippen LogP contribution is -2.39. The highest BCUT2D eigenvalue weighted by molar-refractivity contribution is 7.10. The molecule has 0 N–H and O–H groups in total. The van der Waals surface area contributed by atoms with Crippen LogP contribution in [0.2, 0.25) is 0 Å². The number of carbonyl (C=O) groups excluding carboxylic acids is 1. The largest absolute Gasteiger partial charge is 0.419 e. The van der Waals surface area contributed by atoms with Crippen molar-refractivity contribution in [2.75, 3.05) is 6.54 Å². The van der Waals surface area contributed by atoms with Crippen molar-refractivity contribution in [3.8, 4) is 0 Å². The Kier molecular flexibility index (Phi) is 4.21. The molecule has 6 heteroatoms. The van der Waals surface area contributed by atoms with Gasteiger partial charge in [-0.25, -0.2) is 4.79 Å². The lowest BCUT2D eigenvalue weighted by Gasteiger charge is -2.35. The zero-order valence-corrected chi connectivity index (χ0v) is 14.9. The lowest BCUT2D eigenvalue weighted by molar-refractivity contribution is -0.134. The minimum atomic E-state index is -0.403. The molecule has 130 valence electrons. The van der Waals surface area contributed by atoms with E-state index in [2.05, 4.69) is 18.4 Å². The topological polar surface area (TPSA) is 55.5 Å². The predicted molar refractivity (Wildman–Crippen MR) is 97.9 cm³/mol. The molecule has 0 saturated carbocycles. The molecule has 0 fully saturated rings. The fourth-order valence-electron chi connectivity index (χ4n) is 3.71. The van der Waals surface area contributed by atoms with Gasteiger partial charge in [-0.15, -0.1) is 11.3 Å². The van der Waals surface area contributed by atoms with Crippen molar-refractivity contribution in [3.63, 3.8) is 0 Å². The first kappa shape index (κ1) is 16.1. The summed E-state index contributed by atoms with van der Waals surface area (Å²) < 4.78 is 6.79. The normalized spacial score (nSPS) is 17.0. The number of rotatable bonds is 4. The van der Waals surface area contributed by atoms with Gasteiger partial charge in [-0.2, -0.15) is 0 Å². The van der Waals surface area contributed by atoms with Crippen molar-refractivity contribution in [2.24, 2.45) is 0 Å². The quantitative estimate of drug-likeness (QED) is 0.718. The second-order valence-electron chi connectivity index (χ2n) is 6.30. The average Bonchev–Trinajstić information content (AvgIpc) is 3.22. The first-order valence-electron chi connectivity index (χ1n) is 8.63. The molecule has 25 heavy (non-hydrogen) atoms. The molecular formula is C19H20N2O3S. The standard InChI is InChI=1S/C19H20N2O3S/c1-2-14-13-9-12-25-17(13)7-10-20(14)18(22)8-11-21-15-5-3-4-6-16(15)24-19(21)23/h3-6,9,12,14H,2,7-8,10-11H2,1H3. The van der Waals surface area contributed by atoms with Crippen LogP contribution in [0.5, 0.6) is 0 Å². The van der Waals surface area contributed by atoms with Crippen molar-refractivity contribution in [3.05, 3.63) is 56.7 Å². The predicted octanol–water partition coefficient (Wildman–Crippen LogP) is 3.58. The average molecular weight is 356 g/mol. The summed E-state index contributed by atoms with van der Waals surface area (Å²) in [6, 6.07) is 9.61. The van der Waals surface area contributed by atoms with Crippen molar-refractivity contribution in [1.29, 1.82) is 0 Å². The first-order valence-corrected chi connectivity index (χ1v) is 9.51. The highest BCUT2D eigenvalue weighted by Crippen LogP contribution is 2.35. The van der Waals surface area contributed by atoms with E-state index in [1.807, 2.05) is 23.1 Å².